The second-order valence-electron chi connectivity index (χ2n) is 3.76. The summed E-state index contributed by atoms with van der Waals surface area (Å²) in [5, 5.41) is 13.4. The van der Waals surface area contributed by atoms with E-state index in [0.717, 1.165) is 0 Å². The summed E-state index contributed by atoms with van der Waals surface area (Å²) >= 11 is 1.21. The minimum atomic E-state index is -1.06. The van der Waals surface area contributed by atoms with Gasteiger partial charge >= 0.3 is 5.97 Å². The maximum Gasteiger partial charge on any atom is 0.355 e. The molecule has 100 valence electrons. The van der Waals surface area contributed by atoms with Crippen LogP contribution in [0, 0.1) is 0 Å². The Labute approximate surface area is 112 Å². The number of aromatic carboxylic acids is 1. The molecule has 0 saturated heterocycles. The Bertz CT molecular complexity index is 564. The van der Waals surface area contributed by atoms with Crippen molar-refractivity contribution in [1.29, 1.82) is 0 Å². The van der Waals surface area contributed by atoms with E-state index < -0.39 is 5.97 Å². The number of aryl methyl sites for hydroxylation is 1. The van der Waals surface area contributed by atoms with Gasteiger partial charge in [0.1, 0.15) is 5.01 Å². The lowest BCUT2D eigenvalue weighted by Crippen LogP contribution is -2.23. The number of rotatable bonds is 6. The zero-order valence-corrected chi connectivity index (χ0v) is 10.8. The van der Waals surface area contributed by atoms with Crippen molar-refractivity contribution >= 4 is 23.2 Å². The molecule has 0 radical (unpaired) electrons. The topological polar surface area (TPSA) is 97.1 Å². The number of carbonyl (C=O) groups excluding carboxylic acids is 1. The summed E-state index contributed by atoms with van der Waals surface area (Å²) < 4.78 is 1.81. The van der Waals surface area contributed by atoms with Crippen LogP contribution in [0.25, 0.3) is 0 Å². The smallest absolute Gasteiger partial charge is 0.355 e. The molecule has 0 saturated carbocycles. The molecule has 0 bridgehead atoms. The van der Waals surface area contributed by atoms with Gasteiger partial charge in [-0.25, -0.2) is 14.8 Å². The molecule has 2 aromatic heterocycles. The third kappa shape index (κ3) is 3.88. The van der Waals surface area contributed by atoms with Gasteiger partial charge in [0, 0.05) is 30.7 Å². The quantitative estimate of drug-likeness (QED) is 0.813. The van der Waals surface area contributed by atoms with Gasteiger partial charge in [0.2, 0.25) is 5.91 Å². The second kappa shape index (κ2) is 6.10. The number of thiazole rings is 1. The van der Waals surface area contributed by atoms with Gasteiger partial charge in [0.05, 0.1) is 12.9 Å². The van der Waals surface area contributed by atoms with E-state index in [1.54, 1.807) is 18.7 Å². The molecule has 0 spiro atoms. The number of carbonyl (C=O) groups is 2. The SMILES string of the molecule is O=C(CCn1ccnc1)NCc1nc(C(=O)O)cs1. The number of carboxylic acid groups (broad SMARTS) is 1. The fraction of sp³-hybridized carbons (Fsp3) is 0.273. The van der Waals surface area contributed by atoms with E-state index >= 15 is 0 Å². The summed E-state index contributed by atoms with van der Waals surface area (Å²) in [5.41, 5.74) is 0.00710. The molecule has 2 heterocycles. The molecule has 0 atom stereocenters. The van der Waals surface area contributed by atoms with Crippen molar-refractivity contribution in [2.24, 2.45) is 0 Å². The summed E-state index contributed by atoms with van der Waals surface area (Å²) in [7, 11) is 0. The molecule has 1 amide bonds. The highest BCUT2D eigenvalue weighted by atomic mass is 32.1. The number of amides is 1. The molecular formula is C11H12N4O3S. The van der Waals surface area contributed by atoms with Gasteiger partial charge in [-0.15, -0.1) is 11.3 Å². The molecule has 7 nitrogen and oxygen atoms in total. The predicted molar refractivity (Wildman–Crippen MR) is 67.8 cm³/mol. The van der Waals surface area contributed by atoms with E-state index in [1.165, 1.54) is 16.7 Å². The first-order chi connectivity index (χ1) is 9.15. The van der Waals surface area contributed by atoms with Crippen molar-refractivity contribution in [2.45, 2.75) is 19.5 Å². The molecule has 2 N–H and O–H groups in total. The molecule has 2 aromatic rings. The van der Waals surface area contributed by atoms with Gasteiger partial charge in [0.25, 0.3) is 0 Å². The van der Waals surface area contributed by atoms with Crippen LogP contribution in [0.15, 0.2) is 24.1 Å². The predicted octanol–water partition coefficient (Wildman–Crippen LogP) is 0.744. The minimum Gasteiger partial charge on any atom is -0.476 e. The largest absolute Gasteiger partial charge is 0.476 e. The maximum absolute atomic E-state index is 11.6. The Morgan fingerprint density at radius 3 is 2.95 bits per heavy atom. The monoisotopic (exact) mass is 280 g/mol. The van der Waals surface area contributed by atoms with Crippen LogP contribution in [-0.4, -0.2) is 31.5 Å². The highest BCUT2D eigenvalue weighted by Crippen LogP contribution is 2.09. The third-order valence-electron chi connectivity index (χ3n) is 2.36. The molecule has 0 aliphatic rings. The Morgan fingerprint density at radius 1 is 1.47 bits per heavy atom. The van der Waals surface area contributed by atoms with Crippen LogP contribution < -0.4 is 5.32 Å². The Kier molecular flexibility index (Phi) is 4.24. The Hall–Kier alpha value is -2.22. The number of aromatic nitrogens is 3. The molecule has 0 unspecified atom stereocenters. The second-order valence-corrected chi connectivity index (χ2v) is 4.70. The van der Waals surface area contributed by atoms with E-state index in [2.05, 4.69) is 15.3 Å². The van der Waals surface area contributed by atoms with Crippen LogP contribution in [0.3, 0.4) is 0 Å². The first kappa shape index (κ1) is 13.2. The Balaban J connectivity index is 1.75. The zero-order valence-electron chi connectivity index (χ0n) is 9.94. The number of hydrogen-bond acceptors (Lipinski definition) is 5. The van der Waals surface area contributed by atoms with Crippen molar-refractivity contribution in [3.05, 3.63) is 34.8 Å². The van der Waals surface area contributed by atoms with E-state index in [1.807, 2.05) is 4.57 Å². The number of carboxylic acids is 1. The van der Waals surface area contributed by atoms with Crippen molar-refractivity contribution in [3.63, 3.8) is 0 Å². The van der Waals surface area contributed by atoms with Crippen LogP contribution >= 0.6 is 11.3 Å². The van der Waals surface area contributed by atoms with E-state index in [9.17, 15) is 9.59 Å². The van der Waals surface area contributed by atoms with Crippen LogP contribution in [-0.2, 0) is 17.9 Å². The van der Waals surface area contributed by atoms with E-state index in [-0.39, 0.29) is 18.1 Å². The molecule has 8 heteroatoms. The lowest BCUT2D eigenvalue weighted by molar-refractivity contribution is -0.121. The summed E-state index contributed by atoms with van der Waals surface area (Å²) in [5.74, 6) is -1.17. The number of imidazole rings is 1. The van der Waals surface area contributed by atoms with Crippen molar-refractivity contribution < 1.29 is 14.7 Å². The zero-order chi connectivity index (χ0) is 13.7. The van der Waals surface area contributed by atoms with Gasteiger partial charge < -0.3 is 15.0 Å². The van der Waals surface area contributed by atoms with Gasteiger partial charge in [-0.3, -0.25) is 4.79 Å². The molecule has 19 heavy (non-hydrogen) atoms. The van der Waals surface area contributed by atoms with Gasteiger partial charge in [0.15, 0.2) is 5.69 Å². The van der Waals surface area contributed by atoms with Gasteiger partial charge in [-0.05, 0) is 0 Å². The normalized spacial score (nSPS) is 10.3. The molecule has 2 rings (SSSR count). The Morgan fingerprint density at radius 2 is 2.32 bits per heavy atom. The number of hydrogen-bond donors (Lipinski definition) is 2. The van der Waals surface area contributed by atoms with Crippen LogP contribution in [0.5, 0.6) is 0 Å². The minimum absolute atomic E-state index is 0.00710. The van der Waals surface area contributed by atoms with Crippen LogP contribution in [0.2, 0.25) is 0 Å². The summed E-state index contributed by atoms with van der Waals surface area (Å²) in [4.78, 5) is 30.0. The van der Waals surface area contributed by atoms with Crippen molar-refractivity contribution in [2.75, 3.05) is 0 Å². The molecular weight excluding hydrogens is 268 g/mol. The summed E-state index contributed by atoms with van der Waals surface area (Å²) in [6, 6.07) is 0. The molecule has 0 aromatic carbocycles. The first-order valence-electron chi connectivity index (χ1n) is 5.55. The van der Waals surface area contributed by atoms with Crippen molar-refractivity contribution in [3.8, 4) is 0 Å². The summed E-state index contributed by atoms with van der Waals surface area (Å²) in [6.07, 6.45) is 5.43. The van der Waals surface area contributed by atoms with Crippen LogP contribution in [0.1, 0.15) is 21.9 Å². The fourth-order valence-electron chi connectivity index (χ4n) is 1.40. The van der Waals surface area contributed by atoms with Gasteiger partial charge in [-0.2, -0.15) is 0 Å². The van der Waals surface area contributed by atoms with Gasteiger partial charge in [-0.1, -0.05) is 0 Å². The number of nitrogens with one attached hydrogen (secondary N) is 1. The van der Waals surface area contributed by atoms with E-state index in [4.69, 9.17) is 5.11 Å². The standard InChI is InChI=1S/C11H12N4O3S/c16-9(1-3-15-4-2-12-7-15)13-5-10-14-8(6-19-10)11(17)18/h2,4,6-7H,1,3,5H2,(H,13,16)(H,17,18). The van der Waals surface area contributed by atoms with Crippen LogP contribution in [0.4, 0.5) is 0 Å². The first-order valence-corrected chi connectivity index (χ1v) is 6.43. The number of nitrogens with zero attached hydrogens (tertiary/aromatic N) is 3. The highest BCUT2D eigenvalue weighted by Gasteiger charge is 2.09. The van der Waals surface area contributed by atoms with Crippen molar-refractivity contribution in [1.82, 2.24) is 19.9 Å². The lowest BCUT2D eigenvalue weighted by Gasteiger charge is -2.03. The average molecular weight is 280 g/mol. The maximum atomic E-state index is 11.6. The third-order valence-corrected chi connectivity index (χ3v) is 3.21. The average Bonchev–Trinajstić information content (AvgIpc) is 3.05. The lowest BCUT2D eigenvalue weighted by atomic mass is 10.4. The molecule has 0 fully saturated rings. The fourth-order valence-corrected chi connectivity index (χ4v) is 2.11. The summed E-state index contributed by atoms with van der Waals surface area (Å²) in [6.45, 7) is 0.810. The molecule has 0 aliphatic carbocycles. The molecule has 0 aliphatic heterocycles. The highest BCUT2D eigenvalue weighted by molar-refractivity contribution is 7.09. The van der Waals surface area contributed by atoms with E-state index in [0.29, 0.717) is 18.0 Å².